The van der Waals surface area contributed by atoms with Crippen LogP contribution in [0.25, 0.3) is 0 Å². The van der Waals surface area contributed by atoms with Crippen LogP contribution < -0.4 is 15.1 Å². The van der Waals surface area contributed by atoms with Gasteiger partial charge in [0.15, 0.2) is 0 Å². The molecule has 11 rings (SSSR count). The number of hydrogen-bond acceptors (Lipinski definition) is 14. The number of nitrogens with one attached hydrogen (secondary N) is 1. The van der Waals surface area contributed by atoms with Gasteiger partial charge in [0.2, 0.25) is 0 Å². The maximum absolute atomic E-state index is 13.5. The van der Waals surface area contributed by atoms with Gasteiger partial charge < -0.3 is 48.8 Å². The number of ether oxygens (including phenoxy) is 4. The quantitative estimate of drug-likeness (QED) is 0.0796. The summed E-state index contributed by atoms with van der Waals surface area (Å²) in [6.07, 6.45) is 31.4. The Hall–Kier alpha value is -6.67. The van der Waals surface area contributed by atoms with Gasteiger partial charge >= 0.3 is 18.3 Å². The van der Waals surface area contributed by atoms with Crippen LogP contribution in [0.15, 0.2) is 121 Å². The fraction of sp³-hybridized carbons (Fsp3) is 0.610. The van der Waals surface area contributed by atoms with Gasteiger partial charge in [-0.1, -0.05) is 72.5 Å². The van der Waals surface area contributed by atoms with Crippen LogP contribution in [0, 0.1) is 16.2 Å². The van der Waals surface area contributed by atoms with Crippen LogP contribution in [0.1, 0.15) is 214 Å². The monoisotopic (exact) mass is 1430 g/mol. The predicted octanol–water partition coefficient (Wildman–Crippen LogP) is 17.0. The average molecular weight is 1440 g/mol. The number of amides is 4. The van der Waals surface area contributed by atoms with Crippen molar-refractivity contribution >= 4 is 78.8 Å². The fourth-order valence-electron chi connectivity index (χ4n) is 13.4. The zero-order valence-corrected chi connectivity index (χ0v) is 63.9. The molecule has 4 amide bonds. The number of nitrogens with zero attached hydrogens (tertiary/aromatic N) is 8. The molecule has 21 heteroatoms. The Morgan fingerprint density at radius 2 is 0.990 bits per heavy atom. The summed E-state index contributed by atoms with van der Waals surface area (Å²) >= 11 is 3.27. The highest BCUT2D eigenvalue weighted by Crippen LogP contribution is 2.46. The number of halogens is 2. The third-order valence-electron chi connectivity index (χ3n) is 18.6. The Balaban J connectivity index is 0.000000279. The molecular formula is C77H115BBrClN9O9. The topological polar surface area (TPSA) is 189 Å². The van der Waals surface area contributed by atoms with E-state index in [2.05, 4.69) is 94.6 Å². The maximum atomic E-state index is 13.5. The van der Waals surface area contributed by atoms with E-state index >= 15 is 0 Å². The molecule has 2 aliphatic carbocycles. The van der Waals surface area contributed by atoms with Gasteiger partial charge in [0.25, 0.3) is 12.4 Å². The second-order valence-electron chi connectivity index (χ2n) is 30.9. The number of benzene rings is 1. The molecule has 539 valence electrons. The van der Waals surface area contributed by atoms with Gasteiger partial charge in [0.05, 0.1) is 6.04 Å². The third-order valence-corrected chi connectivity index (χ3v) is 19.1. The SMILES string of the molecule is Brc1ccncc1.C=C(/C=C\C)CC.CC(C)(C)OC(=O)N1CCC2(CCCCC2)C1.CC(C)(C)OC(=O)N1CCC2(CCN(c3ccncc3)CC2)C1.CC(C)(C)OC(=O)NC1CCc2ccc(C(=O)N3CCC4(CCN(c5ccncc5)CC4)C3)cc21.CC(C)(C)OC=O.Cl.[B]. The van der Waals surface area contributed by atoms with Gasteiger partial charge in [-0.05, 0) is 243 Å². The number of allylic oxidation sites excluding steroid dienone is 3. The van der Waals surface area contributed by atoms with E-state index < -0.39 is 17.3 Å². The fourth-order valence-corrected chi connectivity index (χ4v) is 13.6. The molecule has 4 aromatic rings. The zero-order chi connectivity index (χ0) is 70.4. The van der Waals surface area contributed by atoms with Crippen molar-refractivity contribution < 1.29 is 42.9 Å². The molecule has 1 N–H and O–H groups in total. The minimum absolute atomic E-state index is 0. The van der Waals surface area contributed by atoms with Gasteiger partial charge in [-0.2, -0.15) is 0 Å². The molecule has 18 nitrogen and oxygen atoms in total. The lowest BCUT2D eigenvalue weighted by Crippen LogP contribution is -2.43. The van der Waals surface area contributed by atoms with Crippen molar-refractivity contribution in [1.82, 2.24) is 35.0 Å². The highest BCUT2D eigenvalue weighted by Gasteiger charge is 2.45. The lowest BCUT2D eigenvalue weighted by Gasteiger charge is -2.40. The summed E-state index contributed by atoms with van der Waals surface area (Å²) in [6, 6.07) is 17.9. The van der Waals surface area contributed by atoms with Crippen LogP contribution in [0.5, 0.6) is 0 Å². The summed E-state index contributed by atoms with van der Waals surface area (Å²) < 4.78 is 22.0. The third kappa shape index (κ3) is 27.8. The molecule has 6 fully saturated rings. The Labute approximate surface area is 603 Å². The summed E-state index contributed by atoms with van der Waals surface area (Å²) in [6.45, 7) is 40.2. The number of aromatic nitrogens is 3. The Morgan fingerprint density at radius 3 is 1.36 bits per heavy atom. The number of rotatable bonds is 7. The van der Waals surface area contributed by atoms with Crippen LogP contribution in [0.4, 0.5) is 25.8 Å². The smallest absolute Gasteiger partial charge is 0.410 e. The van der Waals surface area contributed by atoms with Crippen molar-refractivity contribution in [3.05, 3.63) is 137 Å². The predicted molar refractivity (Wildman–Crippen MR) is 400 cm³/mol. The van der Waals surface area contributed by atoms with Gasteiger partial charge in [-0.3, -0.25) is 24.5 Å². The van der Waals surface area contributed by atoms with Crippen LogP contribution >= 0.6 is 28.3 Å². The van der Waals surface area contributed by atoms with E-state index in [0.717, 1.165) is 133 Å². The maximum Gasteiger partial charge on any atom is 0.410 e. The number of fused-ring (bicyclic) bond motifs is 1. The van der Waals surface area contributed by atoms with E-state index in [4.69, 9.17) is 14.2 Å². The number of hydrogen-bond donors (Lipinski definition) is 1. The largest absolute Gasteiger partial charge is 0.462 e. The number of pyridine rings is 3. The number of likely N-dealkylation sites (tertiary alicyclic amines) is 3. The van der Waals surface area contributed by atoms with E-state index in [9.17, 15) is 24.0 Å². The molecule has 0 bridgehead atoms. The molecule has 5 saturated heterocycles. The van der Waals surface area contributed by atoms with Crippen molar-refractivity contribution in [2.24, 2.45) is 16.2 Å². The number of aryl methyl sites for hydroxylation is 1. The van der Waals surface area contributed by atoms with E-state index in [1.54, 1.807) is 12.4 Å². The Bertz CT molecular complexity index is 3130. The highest BCUT2D eigenvalue weighted by molar-refractivity contribution is 9.10. The van der Waals surface area contributed by atoms with Gasteiger partial charge in [0, 0.05) is 132 Å². The molecule has 5 aliphatic heterocycles. The number of carbonyl (C=O) groups excluding carboxylic acids is 5. The molecule has 3 spiro atoms. The van der Waals surface area contributed by atoms with E-state index in [1.807, 2.05) is 166 Å². The van der Waals surface area contributed by atoms with Crippen molar-refractivity contribution in [3.63, 3.8) is 0 Å². The zero-order valence-electron chi connectivity index (χ0n) is 61.5. The molecule has 3 aromatic heterocycles. The first-order chi connectivity index (χ1) is 45.2. The van der Waals surface area contributed by atoms with Crippen molar-refractivity contribution in [2.45, 2.75) is 222 Å². The second kappa shape index (κ2) is 38.2. The van der Waals surface area contributed by atoms with Crippen LogP contribution in [-0.2, 0) is 30.2 Å². The minimum atomic E-state index is -0.538. The van der Waals surface area contributed by atoms with E-state index in [-0.39, 0.29) is 67.0 Å². The molecule has 3 radical (unpaired) electrons. The van der Waals surface area contributed by atoms with Crippen LogP contribution in [0.3, 0.4) is 0 Å². The van der Waals surface area contributed by atoms with Crippen molar-refractivity contribution in [2.75, 3.05) is 75.2 Å². The number of carbonyl (C=O) groups is 5. The molecule has 1 unspecified atom stereocenters. The van der Waals surface area contributed by atoms with E-state index in [0.29, 0.717) is 17.5 Å². The van der Waals surface area contributed by atoms with Crippen LogP contribution in [0.2, 0.25) is 0 Å². The summed E-state index contributed by atoms with van der Waals surface area (Å²) in [5.74, 6) is 0.101. The number of piperidine rings is 2. The second-order valence-corrected chi connectivity index (χ2v) is 31.8. The first-order valence-corrected chi connectivity index (χ1v) is 35.7. The summed E-state index contributed by atoms with van der Waals surface area (Å²) in [7, 11) is 0. The summed E-state index contributed by atoms with van der Waals surface area (Å²) in [5, 5.41) is 3.00. The average Bonchev–Trinajstić information content (AvgIpc) is 1.63. The minimum Gasteiger partial charge on any atom is -0.462 e. The Kier molecular flexibility index (Phi) is 32.7. The van der Waals surface area contributed by atoms with Crippen molar-refractivity contribution in [3.8, 4) is 0 Å². The van der Waals surface area contributed by atoms with Gasteiger partial charge in [-0.15, -0.1) is 12.4 Å². The van der Waals surface area contributed by atoms with Gasteiger partial charge in [-0.25, -0.2) is 14.4 Å². The molecule has 1 atom stereocenters. The lowest BCUT2D eigenvalue weighted by molar-refractivity contribution is -0.138. The summed E-state index contributed by atoms with van der Waals surface area (Å²) in [4.78, 5) is 82.4. The highest BCUT2D eigenvalue weighted by atomic mass is 79.9. The van der Waals surface area contributed by atoms with Gasteiger partial charge in [0.1, 0.15) is 22.4 Å². The number of anilines is 2. The molecule has 1 saturated carbocycles. The molecule has 1 aromatic carbocycles. The molecule has 7 aliphatic rings. The van der Waals surface area contributed by atoms with Crippen LogP contribution in [-0.4, -0.2) is 157 Å². The summed E-state index contributed by atoms with van der Waals surface area (Å²) in [5.41, 5.74) is 5.90. The first-order valence-electron chi connectivity index (χ1n) is 34.9. The lowest BCUT2D eigenvalue weighted by atomic mass is 9.74. The standard InChI is InChI=1S/C28H36N4O3.C18H27N3O2.C14H25NO2.C7H12.C5H4BrN.C5H10O2.B.ClH/c1-27(2,3)35-26(34)30-24-7-6-20-4-5-21(18-23(20)24)25(33)32-17-12-28(19-32)10-15-31(16-11-28)22-8-13-29-14-9-22;1-17(2,3)23-16(22)21-13-8-18(14-21)6-11-20(12-7-18)15-4-9-19-10-5-15;1-13(2,3)17-12(16)15-10-9-14(11-15)7-5-4-6-8-14;1-4-6-7(3)5-2;6-5-1-3-7-4-2-5;1-5(2,3)7-4-6;;/h4-5,8-9,13-14,18,24H,6-7,10-12,15-17,19H2,1-3H3,(H,30,34);4-5,9-10H,6-8,11-14H2,1-3H3;4-11H2,1-3H3;4,6H,3,5H2,1-2H3;1-4H;4H,1-3H3;;1H/b;;;6-4-;;;;. The number of alkyl carbamates (subject to hydrolysis) is 1. The first kappa shape index (κ1) is 83.8. The normalized spacial score (nSPS) is 18.7. The van der Waals surface area contributed by atoms with Crippen molar-refractivity contribution in [1.29, 1.82) is 0 Å². The molecule has 98 heavy (non-hydrogen) atoms. The van der Waals surface area contributed by atoms with E-state index in [1.165, 1.54) is 61.0 Å². The molecular weight excluding hydrogens is 1320 g/mol. The Morgan fingerprint density at radius 1 is 0.582 bits per heavy atom. The molecule has 8 heterocycles.